The van der Waals surface area contributed by atoms with Crippen molar-refractivity contribution in [2.45, 2.75) is 0 Å². The summed E-state index contributed by atoms with van der Waals surface area (Å²) < 4.78 is 3.91. The summed E-state index contributed by atoms with van der Waals surface area (Å²) in [6.45, 7) is 0. The number of nitrogens with zero attached hydrogens (tertiary/aromatic N) is 4. The molecule has 0 bridgehead atoms. The Morgan fingerprint density at radius 1 is 0.550 bits per heavy atom. The van der Waals surface area contributed by atoms with Gasteiger partial charge >= 0.3 is 0 Å². The van der Waals surface area contributed by atoms with Crippen molar-refractivity contribution >= 4 is 28.2 Å². The van der Waals surface area contributed by atoms with Gasteiger partial charge in [-0.25, -0.2) is 9.97 Å². The van der Waals surface area contributed by atoms with Gasteiger partial charge in [-0.05, 0) is 47.5 Å². The maximum Gasteiger partial charge on any atom is 0.214 e. The van der Waals surface area contributed by atoms with Crippen LogP contribution in [0.5, 0.6) is 0 Å². The highest BCUT2D eigenvalue weighted by atomic mass is 16.1. The second-order valence-corrected chi connectivity index (χ2v) is 9.83. The van der Waals surface area contributed by atoms with E-state index in [4.69, 9.17) is 4.98 Å². The maximum absolute atomic E-state index is 13.4. The van der Waals surface area contributed by atoms with Crippen LogP contribution in [-0.2, 0) is 0 Å². The summed E-state index contributed by atoms with van der Waals surface area (Å²) in [5, 5.41) is 0. The van der Waals surface area contributed by atoms with Crippen LogP contribution in [0.15, 0.2) is 121 Å². The van der Waals surface area contributed by atoms with Gasteiger partial charge in [0.1, 0.15) is 22.9 Å². The average Bonchev–Trinajstić information content (AvgIpc) is 3.59. The number of ketones is 2. The predicted molar refractivity (Wildman–Crippen MR) is 154 cm³/mol. The van der Waals surface area contributed by atoms with Crippen molar-refractivity contribution in [1.82, 2.24) is 18.9 Å². The summed E-state index contributed by atoms with van der Waals surface area (Å²) in [5.74, 6) is 0.451. The lowest BCUT2D eigenvalue weighted by molar-refractivity contribution is 0.0973. The third-order valence-electron chi connectivity index (χ3n) is 7.52. The number of hydrogen-bond acceptors (Lipinski definition) is 4. The molecule has 40 heavy (non-hydrogen) atoms. The number of benzene rings is 4. The lowest BCUT2D eigenvalue weighted by atomic mass is 9.90. The van der Waals surface area contributed by atoms with Crippen LogP contribution >= 0.6 is 0 Å². The van der Waals surface area contributed by atoms with Gasteiger partial charge in [0.15, 0.2) is 0 Å². The van der Waals surface area contributed by atoms with E-state index >= 15 is 0 Å². The standard InChI is InChI=1S/C34H20N4O2/c39-32-25-10-4-5-11-26(25)33(40)31-30(32)36-29-19-18-23(20-37(29)31)21-14-16-22(17-15-21)34-35-27-12-6-7-13-28(27)38(34)24-8-2-1-3-9-24/h1-20H. The normalized spacial score (nSPS) is 12.6. The molecule has 0 atom stereocenters. The van der Waals surface area contributed by atoms with E-state index in [0.717, 1.165) is 39.2 Å². The van der Waals surface area contributed by atoms with E-state index in [1.54, 1.807) is 28.7 Å². The molecule has 0 spiro atoms. The van der Waals surface area contributed by atoms with Crippen molar-refractivity contribution in [2.75, 3.05) is 0 Å². The van der Waals surface area contributed by atoms with Crippen molar-refractivity contribution < 1.29 is 9.59 Å². The molecule has 4 aromatic carbocycles. The van der Waals surface area contributed by atoms with Crippen molar-refractivity contribution in [3.63, 3.8) is 0 Å². The molecular weight excluding hydrogens is 496 g/mol. The molecule has 0 radical (unpaired) electrons. The molecule has 0 amide bonds. The van der Waals surface area contributed by atoms with E-state index in [1.807, 2.05) is 54.7 Å². The average molecular weight is 517 g/mol. The van der Waals surface area contributed by atoms with Crippen LogP contribution in [0, 0.1) is 0 Å². The Morgan fingerprint density at radius 3 is 2.00 bits per heavy atom. The summed E-state index contributed by atoms with van der Waals surface area (Å²) in [6.07, 6.45) is 1.88. The first-order chi connectivity index (χ1) is 19.7. The van der Waals surface area contributed by atoms with Gasteiger partial charge in [-0.15, -0.1) is 0 Å². The SMILES string of the molecule is O=C1c2ccccc2C(=O)c2c1nc1ccc(-c3ccc(-c4nc5ccccc5n4-c4ccccc4)cc3)cn21. The molecule has 0 aliphatic heterocycles. The van der Waals surface area contributed by atoms with Gasteiger partial charge in [0, 0.05) is 28.6 Å². The number of imidazole rings is 2. The molecule has 0 unspecified atom stereocenters. The Morgan fingerprint density at radius 2 is 1.20 bits per heavy atom. The third-order valence-corrected chi connectivity index (χ3v) is 7.52. The second kappa shape index (κ2) is 8.44. The lowest BCUT2D eigenvalue weighted by Gasteiger charge is -2.13. The minimum atomic E-state index is -0.221. The number of aromatic nitrogens is 4. The number of rotatable bonds is 3. The van der Waals surface area contributed by atoms with E-state index in [1.165, 1.54) is 0 Å². The number of para-hydroxylation sites is 3. The zero-order valence-corrected chi connectivity index (χ0v) is 21.2. The lowest BCUT2D eigenvalue weighted by Crippen LogP contribution is -2.21. The van der Waals surface area contributed by atoms with E-state index < -0.39 is 0 Å². The number of hydrogen-bond donors (Lipinski definition) is 0. The van der Waals surface area contributed by atoms with E-state index in [-0.39, 0.29) is 17.3 Å². The minimum absolute atomic E-state index is 0.190. The van der Waals surface area contributed by atoms with Crippen LogP contribution in [0.4, 0.5) is 0 Å². The van der Waals surface area contributed by atoms with Gasteiger partial charge < -0.3 is 0 Å². The highest BCUT2D eigenvalue weighted by molar-refractivity contribution is 6.27. The van der Waals surface area contributed by atoms with Crippen molar-refractivity contribution in [1.29, 1.82) is 0 Å². The highest BCUT2D eigenvalue weighted by Crippen LogP contribution is 2.32. The van der Waals surface area contributed by atoms with Crippen molar-refractivity contribution in [3.8, 4) is 28.2 Å². The Balaban J connectivity index is 1.22. The monoisotopic (exact) mass is 516 g/mol. The summed E-state index contributed by atoms with van der Waals surface area (Å²) in [5.41, 5.74) is 7.80. The van der Waals surface area contributed by atoms with Crippen molar-refractivity contribution in [3.05, 3.63) is 144 Å². The molecule has 6 nitrogen and oxygen atoms in total. The number of fused-ring (bicyclic) bond motifs is 5. The molecular formula is C34H20N4O2. The molecule has 1 aliphatic rings. The Labute approximate surface area is 228 Å². The molecule has 0 fully saturated rings. The second-order valence-electron chi connectivity index (χ2n) is 9.83. The van der Waals surface area contributed by atoms with Crippen LogP contribution in [-0.4, -0.2) is 30.5 Å². The van der Waals surface area contributed by atoms with Gasteiger partial charge in [0.25, 0.3) is 0 Å². The van der Waals surface area contributed by atoms with Crippen LogP contribution in [0.3, 0.4) is 0 Å². The minimum Gasteiger partial charge on any atom is -0.295 e. The molecule has 3 aromatic heterocycles. The fraction of sp³-hybridized carbons (Fsp3) is 0. The van der Waals surface area contributed by atoms with Gasteiger partial charge in [-0.3, -0.25) is 18.6 Å². The topological polar surface area (TPSA) is 69.3 Å². The van der Waals surface area contributed by atoms with Gasteiger partial charge in [-0.1, -0.05) is 78.9 Å². The molecule has 7 aromatic rings. The van der Waals surface area contributed by atoms with Crippen LogP contribution in [0.25, 0.3) is 44.9 Å². The number of carbonyl (C=O) groups is 2. The summed E-state index contributed by atoms with van der Waals surface area (Å²) in [6, 6.07) is 37.3. The van der Waals surface area contributed by atoms with Gasteiger partial charge in [0.05, 0.1) is 11.0 Å². The smallest absolute Gasteiger partial charge is 0.214 e. The molecule has 188 valence electrons. The fourth-order valence-corrected chi connectivity index (χ4v) is 5.59. The highest BCUT2D eigenvalue weighted by Gasteiger charge is 2.34. The first-order valence-electron chi connectivity index (χ1n) is 13.0. The van der Waals surface area contributed by atoms with E-state index in [0.29, 0.717) is 22.5 Å². The third kappa shape index (κ3) is 3.23. The van der Waals surface area contributed by atoms with Crippen LogP contribution in [0.1, 0.15) is 32.1 Å². The van der Waals surface area contributed by atoms with Crippen LogP contribution < -0.4 is 0 Å². The zero-order chi connectivity index (χ0) is 26.8. The van der Waals surface area contributed by atoms with Gasteiger partial charge in [-0.2, -0.15) is 0 Å². The summed E-state index contributed by atoms with van der Waals surface area (Å²) in [4.78, 5) is 36.0. The number of pyridine rings is 1. The molecule has 8 rings (SSSR count). The van der Waals surface area contributed by atoms with Gasteiger partial charge in [0.2, 0.25) is 11.6 Å². The zero-order valence-electron chi connectivity index (χ0n) is 21.2. The Bertz CT molecular complexity index is 2140. The van der Waals surface area contributed by atoms with Crippen molar-refractivity contribution in [2.24, 2.45) is 0 Å². The van der Waals surface area contributed by atoms with E-state index in [9.17, 15) is 9.59 Å². The van der Waals surface area contributed by atoms with Crippen LogP contribution in [0.2, 0.25) is 0 Å². The van der Waals surface area contributed by atoms with E-state index in [2.05, 4.69) is 52.0 Å². The fourth-order valence-electron chi connectivity index (χ4n) is 5.59. The molecule has 1 aliphatic carbocycles. The molecule has 3 heterocycles. The summed E-state index contributed by atoms with van der Waals surface area (Å²) >= 11 is 0. The Kier molecular flexibility index (Phi) is 4.72. The largest absolute Gasteiger partial charge is 0.295 e. The first kappa shape index (κ1) is 22.4. The maximum atomic E-state index is 13.4. The number of carbonyl (C=O) groups excluding carboxylic acids is 2. The molecule has 0 N–H and O–H groups in total. The summed E-state index contributed by atoms with van der Waals surface area (Å²) in [7, 11) is 0. The molecule has 0 saturated carbocycles. The Hall–Kier alpha value is -5.62. The molecule has 0 saturated heterocycles. The molecule has 6 heteroatoms. The quantitative estimate of drug-likeness (QED) is 0.260. The predicted octanol–water partition coefficient (Wildman–Crippen LogP) is 6.78. The first-order valence-corrected chi connectivity index (χ1v) is 13.0.